The number of nitrogens with one attached hydrogen (secondary N) is 2. The molecule has 2 aromatic carbocycles. The van der Waals surface area contributed by atoms with Crippen LogP contribution in [0.2, 0.25) is 0 Å². The van der Waals surface area contributed by atoms with Crippen molar-refractivity contribution in [1.82, 2.24) is 15.5 Å². The van der Waals surface area contributed by atoms with Crippen molar-refractivity contribution in [2.45, 2.75) is 38.3 Å². The molecule has 0 aromatic heterocycles. The maximum absolute atomic E-state index is 13.7. The second kappa shape index (κ2) is 10.3. The third kappa shape index (κ3) is 6.00. The fourth-order valence-electron chi connectivity index (χ4n) is 3.81. The van der Waals surface area contributed by atoms with Gasteiger partial charge in [-0.1, -0.05) is 30.3 Å². The van der Waals surface area contributed by atoms with E-state index in [1.807, 2.05) is 6.07 Å². The molecule has 0 amide bonds. The summed E-state index contributed by atoms with van der Waals surface area (Å²) in [6.07, 6.45) is 2.48. The average Bonchev–Trinajstić information content (AvgIpc) is 2.76. The zero-order valence-electron chi connectivity index (χ0n) is 17.2. The molecule has 0 radical (unpaired) electrons. The molecule has 1 atom stereocenters. The summed E-state index contributed by atoms with van der Waals surface area (Å²) >= 11 is 0. The van der Waals surface area contributed by atoms with Gasteiger partial charge < -0.3 is 10.6 Å². The van der Waals surface area contributed by atoms with E-state index in [1.165, 1.54) is 17.7 Å². The number of piperidine rings is 1. The van der Waals surface area contributed by atoms with Crippen LogP contribution in [-0.2, 0) is 6.42 Å². The van der Waals surface area contributed by atoms with E-state index in [-0.39, 0.29) is 5.82 Å². The number of likely N-dealkylation sites (tertiary alicyclic amines) is 1. The van der Waals surface area contributed by atoms with Gasteiger partial charge in [-0.3, -0.25) is 9.89 Å². The lowest BCUT2D eigenvalue weighted by Gasteiger charge is -2.37. The molecular weight excluding hydrogens is 370 g/mol. The van der Waals surface area contributed by atoms with Crippen LogP contribution in [-0.4, -0.2) is 43.6 Å². The molecule has 1 saturated heterocycles. The first kappa shape index (κ1) is 21.2. The number of nitrogens with zero attached hydrogens (tertiary/aromatic N) is 2. The number of halogens is 2. The smallest absolute Gasteiger partial charge is 0.191 e. The van der Waals surface area contributed by atoms with Crippen LogP contribution < -0.4 is 10.6 Å². The summed E-state index contributed by atoms with van der Waals surface area (Å²) < 4.78 is 27.0. The largest absolute Gasteiger partial charge is 0.356 e. The van der Waals surface area contributed by atoms with Gasteiger partial charge in [0, 0.05) is 38.8 Å². The first-order valence-corrected chi connectivity index (χ1v) is 10.3. The van der Waals surface area contributed by atoms with E-state index in [0.29, 0.717) is 36.6 Å². The van der Waals surface area contributed by atoms with E-state index < -0.39 is 5.82 Å². The van der Waals surface area contributed by atoms with Crippen molar-refractivity contribution in [1.29, 1.82) is 0 Å². The van der Waals surface area contributed by atoms with Crippen LogP contribution in [0.5, 0.6) is 0 Å². The van der Waals surface area contributed by atoms with E-state index in [0.717, 1.165) is 32.0 Å². The molecule has 2 N–H and O–H groups in total. The van der Waals surface area contributed by atoms with E-state index in [2.05, 4.69) is 51.7 Å². The van der Waals surface area contributed by atoms with Crippen molar-refractivity contribution in [3.63, 3.8) is 0 Å². The average molecular weight is 401 g/mol. The SMILES string of the molecule is CN=C(NCCc1cc(F)ccc1F)NC1CCN(C(C)c2ccccc2)CC1. The van der Waals surface area contributed by atoms with Crippen LogP contribution in [0.15, 0.2) is 53.5 Å². The summed E-state index contributed by atoms with van der Waals surface area (Å²) in [7, 11) is 1.73. The highest BCUT2D eigenvalue weighted by molar-refractivity contribution is 5.79. The number of guanidine groups is 1. The first-order chi connectivity index (χ1) is 14.1. The maximum Gasteiger partial charge on any atom is 0.191 e. The Morgan fingerprint density at radius 1 is 1.14 bits per heavy atom. The zero-order chi connectivity index (χ0) is 20.6. The first-order valence-electron chi connectivity index (χ1n) is 10.3. The highest BCUT2D eigenvalue weighted by Crippen LogP contribution is 2.23. The van der Waals surface area contributed by atoms with Gasteiger partial charge in [0.25, 0.3) is 0 Å². The molecule has 29 heavy (non-hydrogen) atoms. The lowest BCUT2D eigenvalue weighted by Crippen LogP contribution is -2.49. The van der Waals surface area contributed by atoms with Gasteiger partial charge in [0.05, 0.1) is 0 Å². The monoisotopic (exact) mass is 400 g/mol. The van der Waals surface area contributed by atoms with Crippen molar-refractivity contribution >= 4 is 5.96 Å². The highest BCUT2D eigenvalue weighted by atomic mass is 19.1. The van der Waals surface area contributed by atoms with Crippen LogP contribution >= 0.6 is 0 Å². The number of benzene rings is 2. The zero-order valence-corrected chi connectivity index (χ0v) is 17.2. The van der Waals surface area contributed by atoms with Crippen LogP contribution in [0.25, 0.3) is 0 Å². The van der Waals surface area contributed by atoms with Gasteiger partial charge in [-0.2, -0.15) is 0 Å². The van der Waals surface area contributed by atoms with Crippen LogP contribution in [0.3, 0.4) is 0 Å². The van der Waals surface area contributed by atoms with E-state index >= 15 is 0 Å². The number of rotatable bonds is 6. The molecule has 0 aliphatic carbocycles. The molecule has 1 unspecified atom stereocenters. The Kier molecular flexibility index (Phi) is 7.58. The molecule has 1 heterocycles. The molecule has 1 aliphatic heterocycles. The molecule has 2 aromatic rings. The van der Waals surface area contributed by atoms with E-state index in [1.54, 1.807) is 7.05 Å². The van der Waals surface area contributed by atoms with Gasteiger partial charge in [-0.25, -0.2) is 8.78 Å². The molecule has 6 heteroatoms. The second-order valence-corrected chi connectivity index (χ2v) is 7.53. The number of hydrogen-bond acceptors (Lipinski definition) is 2. The van der Waals surface area contributed by atoms with E-state index in [4.69, 9.17) is 0 Å². The number of aliphatic imine (C=N–C) groups is 1. The summed E-state index contributed by atoms with van der Waals surface area (Å²) in [5.41, 5.74) is 1.72. The third-order valence-electron chi connectivity index (χ3n) is 5.62. The van der Waals surface area contributed by atoms with Crippen LogP contribution in [0.4, 0.5) is 8.78 Å². The quantitative estimate of drug-likeness (QED) is 0.571. The molecule has 0 saturated carbocycles. The minimum Gasteiger partial charge on any atom is -0.356 e. The van der Waals surface area contributed by atoms with Gasteiger partial charge in [0.1, 0.15) is 11.6 Å². The normalized spacial score (nSPS) is 17.2. The molecule has 0 bridgehead atoms. The summed E-state index contributed by atoms with van der Waals surface area (Å²) in [4.78, 5) is 6.78. The van der Waals surface area contributed by atoms with Crippen molar-refractivity contribution in [3.05, 3.63) is 71.3 Å². The van der Waals surface area contributed by atoms with Crippen molar-refractivity contribution in [3.8, 4) is 0 Å². The Morgan fingerprint density at radius 3 is 2.55 bits per heavy atom. The van der Waals surface area contributed by atoms with Crippen LogP contribution in [0, 0.1) is 11.6 Å². The van der Waals surface area contributed by atoms with Crippen LogP contribution in [0.1, 0.15) is 36.9 Å². The van der Waals surface area contributed by atoms with Crippen molar-refractivity contribution in [2.24, 2.45) is 4.99 Å². The van der Waals surface area contributed by atoms with Gasteiger partial charge >= 0.3 is 0 Å². The Balaban J connectivity index is 1.43. The van der Waals surface area contributed by atoms with E-state index in [9.17, 15) is 8.78 Å². The Morgan fingerprint density at radius 2 is 1.86 bits per heavy atom. The summed E-state index contributed by atoms with van der Waals surface area (Å²) in [5.74, 6) is -0.0900. The minimum absolute atomic E-state index is 0.353. The molecular formula is C23H30F2N4. The minimum atomic E-state index is -0.416. The molecule has 156 valence electrons. The fourth-order valence-corrected chi connectivity index (χ4v) is 3.81. The Hall–Kier alpha value is -2.47. The lowest BCUT2D eigenvalue weighted by atomic mass is 10.0. The van der Waals surface area contributed by atoms with Gasteiger partial charge in [-0.05, 0) is 55.5 Å². The predicted molar refractivity (Wildman–Crippen MR) is 114 cm³/mol. The summed E-state index contributed by atoms with van der Waals surface area (Å²) in [6, 6.07) is 14.9. The summed E-state index contributed by atoms with van der Waals surface area (Å²) in [6.45, 7) is 4.80. The lowest BCUT2D eigenvalue weighted by molar-refractivity contribution is 0.158. The van der Waals surface area contributed by atoms with Gasteiger partial charge in [0.2, 0.25) is 0 Å². The maximum atomic E-state index is 13.7. The Bertz CT molecular complexity index is 802. The number of hydrogen-bond donors (Lipinski definition) is 2. The highest BCUT2D eigenvalue weighted by Gasteiger charge is 2.24. The Labute approximate surface area is 172 Å². The fraction of sp³-hybridized carbons (Fsp3) is 0.435. The second-order valence-electron chi connectivity index (χ2n) is 7.53. The molecule has 1 fully saturated rings. The summed E-state index contributed by atoms with van der Waals surface area (Å²) in [5, 5.41) is 6.67. The van der Waals surface area contributed by atoms with Crippen molar-refractivity contribution in [2.75, 3.05) is 26.7 Å². The predicted octanol–water partition coefficient (Wildman–Crippen LogP) is 3.90. The third-order valence-corrected chi connectivity index (χ3v) is 5.62. The van der Waals surface area contributed by atoms with Crippen molar-refractivity contribution < 1.29 is 8.78 Å². The molecule has 3 rings (SSSR count). The molecule has 1 aliphatic rings. The van der Waals surface area contributed by atoms with Gasteiger partial charge in [-0.15, -0.1) is 0 Å². The molecule has 0 spiro atoms. The molecule has 4 nitrogen and oxygen atoms in total. The topological polar surface area (TPSA) is 39.7 Å². The van der Waals surface area contributed by atoms with Gasteiger partial charge in [0.15, 0.2) is 5.96 Å². The standard InChI is InChI=1S/C23H30F2N4/c1-17(18-6-4-3-5-7-18)29-14-11-21(12-15-29)28-23(26-2)27-13-10-19-16-20(24)8-9-22(19)25/h3-9,16-17,21H,10-15H2,1-2H3,(H2,26,27,28).